The fourth-order valence-corrected chi connectivity index (χ4v) is 4.58. The van der Waals surface area contributed by atoms with Gasteiger partial charge in [-0.1, -0.05) is 96.3 Å². The highest BCUT2D eigenvalue weighted by atomic mass is 32.1. The number of Topliss-reactive ketones (excluding diaryl/α,β-unsaturated/α-hetero) is 1. The van der Waals surface area contributed by atoms with Crippen molar-refractivity contribution in [3.05, 3.63) is 108 Å². The van der Waals surface area contributed by atoms with Crippen molar-refractivity contribution in [1.29, 1.82) is 0 Å². The molecule has 0 fully saturated rings. The van der Waals surface area contributed by atoms with Crippen molar-refractivity contribution in [2.45, 2.75) is 13.0 Å². The van der Waals surface area contributed by atoms with E-state index in [-0.39, 0.29) is 5.78 Å². The standard InChI is InChI=1S/C29H25N5OS/c30-29-34-33-28(36-29)24-17-25(21-7-3-1-4-8-21)27(32-19-24)23-13-11-20(12-14-23)18-31-16-15-26(35)22-9-5-2-6-10-22/h1-14,17,19,31H,15-16,18H2,(H2,30,34). The predicted octanol–water partition coefficient (Wildman–Crippen LogP) is 5.88. The van der Waals surface area contributed by atoms with E-state index in [1.807, 2.05) is 54.7 Å². The zero-order valence-corrected chi connectivity index (χ0v) is 20.4. The number of pyridine rings is 1. The molecule has 0 saturated carbocycles. The van der Waals surface area contributed by atoms with Crippen LogP contribution in [0.4, 0.5) is 5.13 Å². The molecule has 0 aliphatic rings. The van der Waals surface area contributed by atoms with E-state index in [0.29, 0.717) is 24.6 Å². The van der Waals surface area contributed by atoms with E-state index in [0.717, 1.165) is 44.1 Å². The average molecular weight is 492 g/mol. The van der Waals surface area contributed by atoms with Crippen LogP contribution in [0.2, 0.25) is 0 Å². The van der Waals surface area contributed by atoms with Crippen molar-refractivity contribution >= 4 is 22.3 Å². The van der Waals surface area contributed by atoms with Gasteiger partial charge in [-0.25, -0.2) is 0 Å². The molecule has 0 unspecified atom stereocenters. The normalized spacial score (nSPS) is 10.9. The maximum absolute atomic E-state index is 12.3. The molecule has 0 radical (unpaired) electrons. The summed E-state index contributed by atoms with van der Waals surface area (Å²) in [6.45, 7) is 1.32. The summed E-state index contributed by atoms with van der Waals surface area (Å²) in [5.74, 6) is 0.151. The highest BCUT2D eigenvalue weighted by Crippen LogP contribution is 2.35. The zero-order chi connectivity index (χ0) is 24.7. The van der Waals surface area contributed by atoms with E-state index in [2.05, 4.69) is 58.0 Å². The van der Waals surface area contributed by atoms with Gasteiger partial charge >= 0.3 is 0 Å². The Labute approximate surface area is 213 Å². The second-order valence-corrected chi connectivity index (χ2v) is 9.35. The number of aromatic nitrogens is 3. The molecule has 3 aromatic carbocycles. The molecule has 0 spiro atoms. The highest BCUT2D eigenvalue weighted by molar-refractivity contribution is 7.18. The second-order valence-electron chi connectivity index (χ2n) is 8.34. The highest BCUT2D eigenvalue weighted by Gasteiger charge is 2.14. The number of nitrogens with one attached hydrogen (secondary N) is 1. The van der Waals surface area contributed by atoms with Gasteiger partial charge in [0.2, 0.25) is 5.13 Å². The minimum atomic E-state index is 0.151. The number of nitrogens with two attached hydrogens (primary N) is 1. The summed E-state index contributed by atoms with van der Waals surface area (Å²) in [4.78, 5) is 17.1. The van der Waals surface area contributed by atoms with E-state index in [9.17, 15) is 4.79 Å². The molecule has 0 bridgehead atoms. The maximum Gasteiger partial charge on any atom is 0.203 e. The van der Waals surface area contributed by atoms with E-state index < -0.39 is 0 Å². The average Bonchev–Trinajstić information content (AvgIpc) is 3.38. The Balaban J connectivity index is 1.30. The molecule has 5 aromatic rings. The number of carbonyl (C=O) groups excluding carboxylic acids is 1. The van der Waals surface area contributed by atoms with Gasteiger partial charge in [-0.3, -0.25) is 9.78 Å². The Hall–Kier alpha value is -4.20. The van der Waals surface area contributed by atoms with Gasteiger partial charge in [-0.05, 0) is 17.2 Å². The topological polar surface area (TPSA) is 93.8 Å². The van der Waals surface area contributed by atoms with Gasteiger partial charge in [-0.2, -0.15) is 0 Å². The molecule has 0 aliphatic heterocycles. The van der Waals surface area contributed by atoms with Crippen molar-refractivity contribution in [2.75, 3.05) is 12.3 Å². The number of hydrogen-bond acceptors (Lipinski definition) is 7. The van der Waals surface area contributed by atoms with Crippen LogP contribution in [0.5, 0.6) is 0 Å². The first-order valence-electron chi connectivity index (χ1n) is 11.7. The van der Waals surface area contributed by atoms with E-state index in [1.165, 1.54) is 11.3 Å². The quantitative estimate of drug-likeness (QED) is 0.198. The third-order valence-electron chi connectivity index (χ3n) is 5.84. The van der Waals surface area contributed by atoms with Crippen LogP contribution in [0, 0.1) is 0 Å². The van der Waals surface area contributed by atoms with Crippen LogP contribution in [-0.2, 0) is 6.54 Å². The molecule has 6 nitrogen and oxygen atoms in total. The Bertz CT molecular complexity index is 1450. The van der Waals surface area contributed by atoms with Gasteiger partial charge in [0, 0.05) is 48.0 Å². The first-order chi connectivity index (χ1) is 17.7. The zero-order valence-electron chi connectivity index (χ0n) is 19.6. The number of rotatable bonds is 9. The Morgan fingerprint density at radius 3 is 2.25 bits per heavy atom. The lowest BCUT2D eigenvalue weighted by molar-refractivity contribution is 0.0982. The van der Waals surface area contributed by atoms with Crippen molar-refractivity contribution in [3.63, 3.8) is 0 Å². The van der Waals surface area contributed by atoms with Crippen molar-refractivity contribution < 1.29 is 4.79 Å². The minimum absolute atomic E-state index is 0.151. The smallest absolute Gasteiger partial charge is 0.203 e. The number of nitrogen functional groups attached to an aromatic ring is 1. The molecule has 0 amide bonds. The lowest BCUT2D eigenvalue weighted by Gasteiger charge is -2.12. The molecule has 7 heteroatoms. The molecule has 5 rings (SSSR count). The van der Waals surface area contributed by atoms with Crippen LogP contribution in [0.1, 0.15) is 22.3 Å². The molecular formula is C29H25N5OS. The molecule has 178 valence electrons. The summed E-state index contributed by atoms with van der Waals surface area (Å²) >= 11 is 1.35. The first kappa shape index (κ1) is 23.5. The fraction of sp³-hybridized carbons (Fsp3) is 0.103. The van der Waals surface area contributed by atoms with Gasteiger partial charge in [0.15, 0.2) is 10.8 Å². The van der Waals surface area contributed by atoms with Gasteiger partial charge in [0.05, 0.1) is 5.69 Å². The molecule has 0 atom stereocenters. The third kappa shape index (κ3) is 5.54. The monoisotopic (exact) mass is 491 g/mol. The predicted molar refractivity (Wildman–Crippen MR) is 146 cm³/mol. The van der Waals surface area contributed by atoms with Crippen LogP contribution < -0.4 is 11.1 Å². The summed E-state index contributed by atoms with van der Waals surface area (Å²) in [6.07, 6.45) is 2.29. The number of nitrogens with zero attached hydrogens (tertiary/aromatic N) is 3. The molecular weight excluding hydrogens is 466 g/mol. The van der Waals surface area contributed by atoms with Gasteiger partial charge < -0.3 is 11.1 Å². The summed E-state index contributed by atoms with van der Waals surface area (Å²) in [6, 6.07) is 30.1. The Morgan fingerprint density at radius 2 is 1.56 bits per heavy atom. The van der Waals surface area contributed by atoms with Crippen LogP contribution >= 0.6 is 11.3 Å². The molecule has 2 aromatic heterocycles. The lowest BCUT2D eigenvalue weighted by atomic mass is 9.97. The summed E-state index contributed by atoms with van der Waals surface area (Å²) in [5, 5.41) is 12.7. The minimum Gasteiger partial charge on any atom is -0.374 e. The molecule has 2 heterocycles. The number of benzene rings is 3. The summed E-state index contributed by atoms with van der Waals surface area (Å²) < 4.78 is 0. The molecule has 0 aliphatic carbocycles. The molecule has 36 heavy (non-hydrogen) atoms. The summed E-state index contributed by atoms with van der Waals surface area (Å²) in [7, 11) is 0. The maximum atomic E-state index is 12.3. The Kier molecular flexibility index (Phi) is 7.21. The van der Waals surface area contributed by atoms with Gasteiger partial charge in [0.1, 0.15) is 0 Å². The second kappa shape index (κ2) is 11.0. The number of ketones is 1. The van der Waals surface area contributed by atoms with Crippen molar-refractivity contribution in [1.82, 2.24) is 20.5 Å². The number of carbonyl (C=O) groups is 1. The van der Waals surface area contributed by atoms with Crippen LogP contribution in [0.3, 0.4) is 0 Å². The van der Waals surface area contributed by atoms with Gasteiger partial charge in [0.25, 0.3) is 0 Å². The fourth-order valence-electron chi connectivity index (χ4n) is 3.98. The van der Waals surface area contributed by atoms with Crippen LogP contribution in [-0.4, -0.2) is 27.5 Å². The molecule has 3 N–H and O–H groups in total. The lowest BCUT2D eigenvalue weighted by Crippen LogP contribution is -2.17. The van der Waals surface area contributed by atoms with Gasteiger partial charge in [-0.15, -0.1) is 10.2 Å². The van der Waals surface area contributed by atoms with Crippen LogP contribution in [0.25, 0.3) is 33.0 Å². The van der Waals surface area contributed by atoms with Crippen molar-refractivity contribution in [3.8, 4) is 33.0 Å². The van der Waals surface area contributed by atoms with Crippen LogP contribution in [0.15, 0.2) is 97.2 Å². The van der Waals surface area contributed by atoms with Crippen molar-refractivity contribution in [2.24, 2.45) is 0 Å². The largest absolute Gasteiger partial charge is 0.374 e. The SMILES string of the molecule is Nc1nnc(-c2cnc(-c3ccc(CNCCC(=O)c4ccccc4)cc3)c(-c3ccccc3)c2)s1. The number of hydrogen-bond donors (Lipinski definition) is 2. The van der Waals surface area contributed by atoms with E-state index in [1.54, 1.807) is 0 Å². The van der Waals surface area contributed by atoms with E-state index in [4.69, 9.17) is 10.7 Å². The van der Waals surface area contributed by atoms with E-state index >= 15 is 0 Å². The molecule has 0 saturated heterocycles. The summed E-state index contributed by atoms with van der Waals surface area (Å²) in [5.41, 5.74) is 12.6. The first-order valence-corrected chi connectivity index (χ1v) is 12.5. The Morgan fingerprint density at radius 1 is 0.833 bits per heavy atom. The third-order valence-corrected chi connectivity index (χ3v) is 6.64. The number of anilines is 1.